The minimum Gasteiger partial charge on any atom is -0.352 e. The number of pyridine rings is 1. The Balaban J connectivity index is 1.71. The molecule has 0 aliphatic rings. The summed E-state index contributed by atoms with van der Waals surface area (Å²) in [6, 6.07) is 9.34. The number of carbonyl (C=O) groups is 1. The molecule has 0 aliphatic heterocycles. The van der Waals surface area contributed by atoms with Crippen LogP contribution >= 0.6 is 0 Å². The first-order valence-electron chi connectivity index (χ1n) is 6.83. The van der Waals surface area contributed by atoms with Crippen molar-refractivity contribution in [1.82, 2.24) is 19.9 Å². The molecule has 1 aromatic carbocycles. The lowest BCUT2D eigenvalue weighted by molar-refractivity contribution is 0.0955. The number of fused-ring (bicyclic) bond motifs is 1. The Kier molecular flexibility index (Phi) is 3.64. The van der Waals surface area contributed by atoms with E-state index in [1.54, 1.807) is 12.5 Å². The highest BCUT2D eigenvalue weighted by molar-refractivity contribution is 6.06. The van der Waals surface area contributed by atoms with E-state index in [1.807, 2.05) is 48.1 Å². The summed E-state index contributed by atoms with van der Waals surface area (Å²) >= 11 is 0. The normalized spacial score (nSPS) is 10.7. The molecule has 0 radical (unpaired) electrons. The van der Waals surface area contributed by atoms with Crippen LogP contribution in [-0.4, -0.2) is 27.0 Å². The number of hydrogen-bond acceptors (Lipinski definition) is 3. The van der Waals surface area contributed by atoms with Crippen molar-refractivity contribution in [2.45, 2.75) is 6.42 Å². The van der Waals surface area contributed by atoms with Crippen LogP contribution in [0.4, 0.5) is 0 Å². The van der Waals surface area contributed by atoms with Crippen LogP contribution in [0, 0.1) is 0 Å². The fourth-order valence-electron chi connectivity index (χ4n) is 2.33. The van der Waals surface area contributed by atoms with Gasteiger partial charge in [0.05, 0.1) is 11.8 Å². The Bertz CT molecular complexity index is 773. The first kappa shape index (κ1) is 13.3. The Morgan fingerprint density at radius 2 is 2.19 bits per heavy atom. The van der Waals surface area contributed by atoms with Gasteiger partial charge in [0.15, 0.2) is 0 Å². The molecule has 3 rings (SSSR count). The molecule has 5 nitrogen and oxygen atoms in total. The Labute approximate surface area is 122 Å². The first-order valence-corrected chi connectivity index (χ1v) is 6.83. The monoisotopic (exact) mass is 280 g/mol. The highest BCUT2D eigenvalue weighted by atomic mass is 16.1. The first-order chi connectivity index (χ1) is 10.3. The number of benzene rings is 1. The molecule has 0 aliphatic carbocycles. The van der Waals surface area contributed by atoms with E-state index in [4.69, 9.17) is 0 Å². The lowest BCUT2D eigenvalue weighted by Crippen LogP contribution is -2.26. The van der Waals surface area contributed by atoms with Gasteiger partial charge < -0.3 is 9.88 Å². The van der Waals surface area contributed by atoms with Crippen molar-refractivity contribution >= 4 is 16.8 Å². The largest absolute Gasteiger partial charge is 0.352 e. The molecular formula is C16H16N4O. The number of imidazole rings is 1. The third-order valence-electron chi connectivity index (χ3n) is 3.47. The molecule has 0 unspecified atom stereocenters. The number of rotatable bonds is 4. The summed E-state index contributed by atoms with van der Waals surface area (Å²) in [7, 11) is 1.94. The van der Waals surface area contributed by atoms with E-state index in [2.05, 4.69) is 15.3 Å². The molecule has 0 fully saturated rings. The molecule has 0 atom stereocenters. The van der Waals surface area contributed by atoms with Crippen LogP contribution < -0.4 is 5.32 Å². The molecule has 2 heterocycles. The summed E-state index contributed by atoms with van der Waals surface area (Å²) in [6.45, 7) is 0.578. The molecule has 1 N–H and O–H groups in total. The highest BCUT2D eigenvalue weighted by Crippen LogP contribution is 2.16. The van der Waals surface area contributed by atoms with Gasteiger partial charge in [0, 0.05) is 49.1 Å². The lowest BCUT2D eigenvalue weighted by Gasteiger charge is -2.08. The third kappa shape index (κ3) is 2.76. The predicted octanol–water partition coefficient (Wildman–Crippen LogP) is 1.94. The van der Waals surface area contributed by atoms with E-state index >= 15 is 0 Å². The zero-order valence-corrected chi connectivity index (χ0v) is 11.8. The van der Waals surface area contributed by atoms with Gasteiger partial charge in [0.25, 0.3) is 5.91 Å². The molecule has 0 spiro atoms. The molecule has 3 aromatic rings. The maximum Gasteiger partial charge on any atom is 0.251 e. The molecule has 1 amide bonds. The second-order valence-corrected chi connectivity index (χ2v) is 4.88. The maximum atomic E-state index is 12.3. The van der Waals surface area contributed by atoms with Crippen LogP contribution in [0.25, 0.3) is 10.9 Å². The third-order valence-corrected chi connectivity index (χ3v) is 3.47. The van der Waals surface area contributed by atoms with Crippen molar-refractivity contribution < 1.29 is 4.79 Å². The highest BCUT2D eigenvalue weighted by Gasteiger charge is 2.09. The SMILES string of the molecule is Cn1cncc1CCNC(=O)c1cccc2ncccc12. The van der Waals surface area contributed by atoms with Crippen LogP contribution in [0.5, 0.6) is 0 Å². The molecular weight excluding hydrogens is 264 g/mol. The van der Waals surface area contributed by atoms with E-state index in [1.165, 1.54) is 0 Å². The van der Waals surface area contributed by atoms with Gasteiger partial charge in [-0.25, -0.2) is 4.98 Å². The van der Waals surface area contributed by atoms with Gasteiger partial charge in [0.1, 0.15) is 0 Å². The molecule has 0 bridgehead atoms. The van der Waals surface area contributed by atoms with Crippen LogP contribution in [0.1, 0.15) is 16.1 Å². The Morgan fingerprint density at radius 1 is 1.29 bits per heavy atom. The fraction of sp³-hybridized carbons (Fsp3) is 0.188. The van der Waals surface area contributed by atoms with Crippen LogP contribution in [0.2, 0.25) is 0 Å². The number of nitrogens with one attached hydrogen (secondary N) is 1. The van der Waals surface area contributed by atoms with Crippen molar-refractivity contribution in [3.8, 4) is 0 Å². The van der Waals surface area contributed by atoms with E-state index in [9.17, 15) is 4.79 Å². The number of amides is 1. The van der Waals surface area contributed by atoms with Gasteiger partial charge in [-0.2, -0.15) is 0 Å². The Hall–Kier alpha value is -2.69. The summed E-state index contributed by atoms with van der Waals surface area (Å²) in [4.78, 5) is 20.6. The number of aromatic nitrogens is 3. The second kappa shape index (κ2) is 5.75. The van der Waals surface area contributed by atoms with Gasteiger partial charge in [-0.3, -0.25) is 9.78 Å². The topological polar surface area (TPSA) is 59.8 Å². The summed E-state index contributed by atoms with van der Waals surface area (Å²) in [5.74, 6) is -0.0734. The minimum absolute atomic E-state index is 0.0734. The molecule has 2 aromatic heterocycles. The molecule has 0 saturated carbocycles. The molecule has 0 saturated heterocycles. The van der Waals surface area contributed by atoms with E-state index < -0.39 is 0 Å². The predicted molar refractivity (Wildman–Crippen MR) is 81.0 cm³/mol. The number of nitrogens with zero attached hydrogens (tertiary/aromatic N) is 3. The summed E-state index contributed by atoms with van der Waals surface area (Å²) in [5, 5.41) is 3.82. The average molecular weight is 280 g/mol. The molecule has 106 valence electrons. The quantitative estimate of drug-likeness (QED) is 0.794. The zero-order valence-electron chi connectivity index (χ0n) is 11.8. The van der Waals surface area contributed by atoms with E-state index in [0.717, 1.165) is 23.0 Å². The van der Waals surface area contributed by atoms with Gasteiger partial charge >= 0.3 is 0 Å². The van der Waals surface area contributed by atoms with Gasteiger partial charge in [-0.15, -0.1) is 0 Å². The van der Waals surface area contributed by atoms with Crippen molar-refractivity contribution in [3.63, 3.8) is 0 Å². The van der Waals surface area contributed by atoms with Gasteiger partial charge in [-0.05, 0) is 18.2 Å². The van der Waals surface area contributed by atoms with Crippen LogP contribution in [0.15, 0.2) is 49.1 Å². The van der Waals surface area contributed by atoms with Crippen molar-refractivity contribution in [2.75, 3.05) is 6.54 Å². The van der Waals surface area contributed by atoms with E-state index in [-0.39, 0.29) is 5.91 Å². The standard InChI is InChI=1S/C16H16N4O/c1-20-11-17-10-12(20)7-9-19-16(21)14-4-2-6-15-13(14)5-3-8-18-15/h2-6,8,10-11H,7,9H2,1H3,(H,19,21). The van der Waals surface area contributed by atoms with Crippen molar-refractivity contribution in [1.29, 1.82) is 0 Å². The second-order valence-electron chi connectivity index (χ2n) is 4.88. The van der Waals surface area contributed by atoms with Crippen LogP contribution in [0.3, 0.4) is 0 Å². The van der Waals surface area contributed by atoms with Gasteiger partial charge in [0.2, 0.25) is 0 Å². The minimum atomic E-state index is -0.0734. The van der Waals surface area contributed by atoms with Crippen LogP contribution in [-0.2, 0) is 13.5 Å². The number of carbonyl (C=O) groups excluding carboxylic acids is 1. The summed E-state index contributed by atoms with van der Waals surface area (Å²) in [6.07, 6.45) is 6.05. The number of aryl methyl sites for hydroxylation is 1. The van der Waals surface area contributed by atoms with Gasteiger partial charge in [-0.1, -0.05) is 12.1 Å². The average Bonchev–Trinajstić information content (AvgIpc) is 2.92. The fourth-order valence-corrected chi connectivity index (χ4v) is 2.33. The lowest BCUT2D eigenvalue weighted by atomic mass is 10.1. The van der Waals surface area contributed by atoms with Crippen molar-refractivity contribution in [3.05, 3.63) is 60.3 Å². The number of hydrogen-bond donors (Lipinski definition) is 1. The van der Waals surface area contributed by atoms with E-state index in [0.29, 0.717) is 12.1 Å². The molecule has 5 heteroatoms. The maximum absolute atomic E-state index is 12.3. The van der Waals surface area contributed by atoms with Crippen molar-refractivity contribution in [2.24, 2.45) is 7.05 Å². The smallest absolute Gasteiger partial charge is 0.251 e. The molecule has 21 heavy (non-hydrogen) atoms. The zero-order chi connectivity index (χ0) is 14.7. The Morgan fingerprint density at radius 3 is 3.00 bits per heavy atom. The summed E-state index contributed by atoms with van der Waals surface area (Å²) in [5.41, 5.74) is 2.58. The summed E-state index contributed by atoms with van der Waals surface area (Å²) < 4.78 is 1.95.